The van der Waals surface area contributed by atoms with E-state index in [1.54, 1.807) is 0 Å². The third kappa shape index (κ3) is 3.51. The molecule has 0 heterocycles. The molecule has 0 spiro atoms. The molecule has 3 aromatic rings. The Labute approximate surface area is 142 Å². The molecule has 1 heteroatoms. The molecule has 0 aliphatic carbocycles. The zero-order valence-corrected chi connectivity index (χ0v) is 14.8. The average Bonchev–Trinajstić information content (AvgIpc) is 2.58. The summed E-state index contributed by atoms with van der Waals surface area (Å²) < 4.78 is 0. The third-order valence-corrected chi connectivity index (χ3v) is 6.43. The summed E-state index contributed by atoms with van der Waals surface area (Å²) in [6.45, 7) is 6.75. The highest BCUT2D eigenvalue weighted by Crippen LogP contribution is 2.34. The maximum absolute atomic E-state index is 2.35. The largest absolute Gasteiger partial charge is 0.169 e. The Morgan fingerprint density at radius 3 is 1.65 bits per heavy atom. The molecule has 23 heavy (non-hydrogen) atoms. The number of hydrogen-bond acceptors (Lipinski definition) is 0. The highest BCUT2D eigenvalue weighted by molar-refractivity contribution is 7.97. The second kappa shape index (κ2) is 7.06. The van der Waals surface area contributed by atoms with Gasteiger partial charge in [-0.05, 0) is 48.7 Å². The molecular weight excluding hydrogens is 296 g/mol. The molecule has 0 atom stereocenters. The van der Waals surface area contributed by atoms with Gasteiger partial charge in [0.05, 0.1) is 10.9 Å². The summed E-state index contributed by atoms with van der Waals surface area (Å²) in [5.41, 5.74) is 2.79. The number of rotatable bonds is 4. The molecule has 0 nitrogen and oxygen atoms in total. The molecule has 0 saturated heterocycles. The van der Waals surface area contributed by atoms with E-state index >= 15 is 0 Å². The van der Waals surface area contributed by atoms with Gasteiger partial charge >= 0.3 is 0 Å². The van der Waals surface area contributed by atoms with Crippen molar-refractivity contribution in [1.29, 1.82) is 0 Å². The summed E-state index contributed by atoms with van der Waals surface area (Å²) in [7, 11) is -0.0477. The monoisotopic (exact) mass is 319 g/mol. The molecule has 3 rings (SSSR count). The van der Waals surface area contributed by atoms with Crippen LogP contribution in [0.3, 0.4) is 0 Å². The van der Waals surface area contributed by atoms with Crippen LogP contribution in [0.15, 0.2) is 93.5 Å². The van der Waals surface area contributed by atoms with Crippen LogP contribution in [0, 0.1) is 6.92 Å². The van der Waals surface area contributed by atoms with Crippen molar-refractivity contribution in [1.82, 2.24) is 0 Å². The number of benzene rings is 3. The first-order chi connectivity index (χ1) is 11.2. The minimum Gasteiger partial charge on any atom is -0.0619 e. The lowest BCUT2D eigenvalue weighted by molar-refractivity contribution is 0.862. The maximum atomic E-state index is 2.35. The lowest BCUT2D eigenvalue weighted by atomic mass is 10.0. The van der Waals surface area contributed by atoms with Crippen LogP contribution in [0.2, 0.25) is 0 Å². The molecule has 0 bridgehead atoms. The molecule has 0 aliphatic heterocycles. The van der Waals surface area contributed by atoms with E-state index in [4.69, 9.17) is 0 Å². The van der Waals surface area contributed by atoms with Crippen LogP contribution in [0.25, 0.3) is 0 Å². The second-order valence-electron chi connectivity index (χ2n) is 6.11. The lowest BCUT2D eigenvalue weighted by Gasteiger charge is -2.12. The van der Waals surface area contributed by atoms with Crippen molar-refractivity contribution in [3.05, 3.63) is 90.0 Å². The number of aryl methyl sites for hydroxylation is 1. The Morgan fingerprint density at radius 1 is 0.696 bits per heavy atom. The van der Waals surface area contributed by atoms with Gasteiger partial charge < -0.3 is 0 Å². The first-order valence-electron chi connectivity index (χ1n) is 8.12. The van der Waals surface area contributed by atoms with Crippen LogP contribution in [0.1, 0.15) is 30.9 Å². The van der Waals surface area contributed by atoms with Gasteiger partial charge in [0.2, 0.25) is 0 Å². The van der Waals surface area contributed by atoms with Crippen LogP contribution in [0.4, 0.5) is 0 Å². The summed E-state index contributed by atoms with van der Waals surface area (Å²) in [6.07, 6.45) is 0. The average molecular weight is 319 g/mol. The van der Waals surface area contributed by atoms with Crippen LogP contribution >= 0.6 is 0 Å². The Kier molecular flexibility index (Phi) is 4.88. The standard InChI is InChI=1S/C22H23S/c1-17(2)19-14-15-22(18(3)16-19)23(20-10-6-4-7-11-20)21-12-8-5-9-13-21/h4-17H,1-3H3/q+1. The van der Waals surface area contributed by atoms with Crippen LogP contribution < -0.4 is 0 Å². The Bertz CT molecular complexity index is 721. The first-order valence-corrected chi connectivity index (χ1v) is 9.34. The molecule has 0 unspecified atom stereocenters. The normalized spacial score (nSPS) is 11.2. The van der Waals surface area contributed by atoms with Crippen molar-refractivity contribution in [2.24, 2.45) is 0 Å². The second-order valence-corrected chi connectivity index (χ2v) is 8.11. The first kappa shape index (κ1) is 15.9. The SMILES string of the molecule is Cc1cc(C(C)C)ccc1[S+](c1ccccc1)c1ccccc1. The van der Waals surface area contributed by atoms with Crippen molar-refractivity contribution in [3.63, 3.8) is 0 Å². The fourth-order valence-corrected chi connectivity index (χ4v) is 4.99. The molecule has 0 radical (unpaired) electrons. The minimum absolute atomic E-state index is 0.0477. The van der Waals surface area contributed by atoms with Gasteiger partial charge in [0.25, 0.3) is 0 Å². The molecule has 0 N–H and O–H groups in total. The van der Waals surface area contributed by atoms with E-state index in [1.807, 2.05) is 0 Å². The summed E-state index contributed by atoms with van der Waals surface area (Å²) in [6, 6.07) is 28.7. The molecule has 0 saturated carbocycles. The van der Waals surface area contributed by atoms with Crippen molar-refractivity contribution < 1.29 is 0 Å². The van der Waals surface area contributed by atoms with E-state index in [-0.39, 0.29) is 10.9 Å². The van der Waals surface area contributed by atoms with Gasteiger partial charge in [-0.3, -0.25) is 0 Å². The molecule has 116 valence electrons. The van der Waals surface area contributed by atoms with Crippen molar-refractivity contribution >= 4 is 10.9 Å². The Morgan fingerprint density at radius 2 is 1.22 bits per heavy atom. The van der Waals surface area contributed by atoms with E-state index < -0.39 is 0 Å². The fraction of sp³-hybridized carbons (Fsp3) is 0.182. The molecule has 0 aliphatic rings. The summed E-state index contributed by atoms with van der Waals surface area (Å²) in [5.74, 6) is 0.568. The van der Waals surface area contributed by atoms with Gasteiger partial charge in [-0.25, -0.2) is 0 Å². The van der Waals surface area contributed by atoms with Crippen LogP contribution in [0.5, 0.6) is 0 Å². The predicted octanol–water partition coefficient (Wildman–Crippen LogP) is 6.21. The molecule has 0 amide bonds. The van der Waals surface area contributed by atoms with E-state index in [2.05, 4.69) is 99.6 Å². The van der Waals surface area contributed by atoms with Gasteiger partial charge in [-0.2, -0.15) is 0 Å². The smallest absolute Gasteiger partial charge is 0.0619 e. The topological polar surface area (TPSA) is 0 Å². The van der Waals surface area contributed by atoms with E-state index in [9.17, 15) is 0 Å². The van der Waals surface area contributed by atoms with Crippen molar-refractivity contribution in [2.75, 3.05) is 0 Å². The van der Waals surface area contributed by atoms with E-state index in [0.29, 0.717) is 5.92 Å². The third-order valence-electron chi connectivity index (χ3n) is 4.04. The maximum Gasteiger partial charge on any atom is 0.169 e. The van der Waals surface area contributed by atoms with Gasteiger partial charge in [0.15, 0.2) is 14.7 Å². The van der Waals surface area contributed by atoms with Gasteiger partial charge in [-0.15, -0.1) is 0 Å². The van der Waals surface area contributed by atoms with Gasteiger partial charge in [0, 0.05) is 5.56 Å². The highest BCUT2D eigenvalue weighted by atomic mass is 32.2. The van der Waals surface area contributed by atoms with E-state index in [0.717, 1.165) is 0 Å². The van der Waals surface area contributed by atoms with Gasteiger partial charge in [0.1, 0.15) is 0 Å². The highest BCUT2D eigenvalue weighted by Gasteiger charge is 2.30. The summed E-state index contributed by atoms with van der Waals surface area (Å²) >= 11 is 0. The zero-order valence-electron chi connectivity index (χ0n) is 14.0. The van der Waals surface area contributed by atoms with Crippen molar-refractivity contribution in [2.45, 2.75) is 41.4 Å². The fourth-order valence-electron chi connectivity index (χ4n) is 2.76. The quantitative estimate of drug-likeness (QED) is 0.501. The van der Waals surface area contributed by atoms with E-state index in [1.165, 1.54) is 25.8 Å². The molecule has 3 aromatic carbocycles. The van der Waals surface area contributed by atoms with Gasteiger partial charge in [-0.1, -0.05) is 62.4 Å². The summed E-state index contributed by atoms with van der Waals surface area (Å²) in [4.78, 5) is 4.17. The molecular formula is C22H23S+. The van der Waals surface area contributed by atoms with Crippen LogP contribution in [-0.4, -0.2) is 0 Å². The molecule has 0 fully saturated rings. The van der Waals surface area contributed by atoms with Crippen LogP contribution in [-0.2, 0) is 10.9 Å². The summed E-state index contributed by atoms with van der Waals surface area (Å²) in [5, 5.41) is 0. The lowest BCUT2D eigenvalue weighted by Crippen LogP contribution is -2.07. The van der Waals surface area contributed by atoms with Crippen molar-refractivity contribution in [3.8, 4) is 0 Å². The minimum atomic E-state index is -0.0477. The molecule has 0 aromatic heterocycles. The zero-order chi connectivity index (χ0) is 16.2. The Hall–Kier alpha value is -1.99. The number of hydrogen-bond donors (Lipinski definition) is 0. The predicted molar refractivity (Wildman–Crippen MR) is 100 cm³/mol. The Balaban J connectivity index is 2.13.